The van der Waals surface area contributed by atoms with Crippen LogP contribution in [-0.2, 0) is 16.1 Å². The zero-order valence-corrected chi connectivity index (χ0v) is 12.5. The van der Waals surface area contributed by atoms with Crippen LogP contribution in [0, 0.1) is 5.92 Å². The fraction of sp³-hybridized carbons (Fsp3) is 0.375. The average molecular weight is 291 g/mol. The third kappa shape index (κ3) is 4.72. The number of ether oxygens (including phenoxy) is 1. The smallest absolute Gasteiger partial charge is 0.343 e. The SMILES string of the molecule is CCOC(=O)/C(C=Nc1ccccc1CO)=C(/O)C(C)C. The van der Waals surface area contributed by atoms with Crippen LogP contribution in [0.2, 0.25) is 0 Å². The van der Waals surface area contributed by atoms with Gasteiger partial charge in [0.1, 0.15) is 11.3 Å². The first-order valence-electron chi connectivity index (χ1n) is 6.84. The van der Waals surface area contributed by atoms with Crippen molar-refractivity contribution in [1.29, 1.82) is 0 Å². The van der Waals surface area contributed by atoms with E-state index in [1.807, 2.05) is 0 Å². The van der Waals surface area contributed by atoms with Gasteiger partial charge in [-0.2, -0.15) is 0 Å². The van der Waals surface area contributed by atoms with Gasteiger partial charge in [0, 0.05) is 17.7 Å². The lowest BCUT2D eigenvalue weighted by Crippen LogP contribution is -2.13. The summed E-state index contributed by atoms with van der Waals surface area (Å²) in [7, 11) is 0. The number of esters is 1. The molecule has 1 aromatic rings. The first kappa shape index (κ1) is 16.9. The van der Waals surface area contributed by atoms with Gasteiger partial charge in [-0.15, -0.1) is 0 Å². The summed E-state index contributed by atoms with van der Waals surface area (Å²) < 4.78 is 4.92. The third-order valence-electron chi connectivity index (χ3n) is 2.81. The van der Waals surface area contributed by atoms with Crippen LogP contribution in [0.25, 0.3) is 0 Å². The van der Waals surface area contributed by atoms with Crippen molar-refractivity contribution in [2.24, 2.45) is 10.9 Å². The van der Waals surface area contributed by atoms with E-state index in [2.05, 4.69) is 4.99 Å². The molecule has 0 aliphatic rings. The van der Waals surface area contributed by atoms with Gasteiger partial charge in [-0.25, -0.2) is 4.79 Å². The van der Waals surface area contributed by atoms with Gasteiger partial charge in [0.25, 0.3) is 0 Å². The molecule has 0 radical (unpaired) electrons. The number of hydrogen-bond acceptors (Lipinski definition) is 5. The molecule has 1 rings (SSSR count). The van der Waals surface area contributed by atoms with Gasteiger partial charge in [0.15, 0.2) is 0 Å². The number of hydrogen-bond donors (Lipinski definition) is 2. The maximum atomic E-state index is 11.9. The van der Waals surface area contributed by atoms with Gasteiger partial charge in [-0.3, -0.25) is 4.99 Å². The standard InChI is InChI=1S/C16H21NO4/c1-4-21-16(20)13(15(19)11(2)3)9-17-14-8-6-5-7-12(14)10-18/h5-9,11,18-19H,4,10H2,1-3H3/b15-13+,17-9?. The van der Waals surface area contributed by atoms with Crippen molar-refractivity contribution >= 4 is 17.9 Å². The molecule has 0 heterocycles. The monoisotopic (exact) mass is 291 g/mol. The van der Waals surface area contributed by atoms with Gasteiger partial charge in [0.05, 0.1) is 18.9 Å². The predicted octanol–water partition coefficient (Wildman–Crippen LogP) is 2.91. The highest BCUT2D eigenvalue weighted by Crippen LogP contribution is 2.19. The Balaban J connectivity index is 3.15. The highest BCUT2D eigenvalue weighted by Gasteiger charge is 2.17. The van der Waals surface area contributed by atoms with E-state index >= 15 is 0 Å². The van der Waals surface area contributed by atoms with E-state index in [4.69, 9.17) is 4.74 Å². The zero-order valence-electron chi connectivity index (χ0n) is 12.5. The van der Waals surface area contributed by atoms with E-state index in [1.165, 1.54) is 6.21 Å². The predicted molar refractivity (Wildman–Crippen MR) is 81.6 cm³/mol. The van der Waals surface area contributed by atoms with Gasteiger partial charge < -0.3 is 14.9 Å². The molecule has 0 unspecified atom stereocenters. The van der Waals surface area contributed by atoms with Crippen molar-refractivity contribution in [2.45, 2.75) is 27.4 Å². The second-order valence-corrected chi connectivity index (χ2v) is 4.72. The van der Waals surface area contributed by atoms with Gasteiger partial charge >= 0.3 is 5.97 Å². The minimum absolute atomic E-state index is 0.0274. The molecule has 0 saturated heterocycles. The summed E-state index contributed by atoms with van der Waals surface area (Å²) in [6.07, 6.45) is 1.28. The van der Waals surface area contributed by atoms with Crippen LogP contribution in [0.3, 0.4) is 0 Å². The minimum atomic E-state index is -0.617. The summed E-state index contributed by atoms with van der Waals surface area (Å²) in [6, 6.07) is 7.03. The molecule has 0 aromatic heterocycles. The Hall–Kier alpha value is -2.14. The average Bonchev–Trinajstić information content (AvgIpc) is 2.47. The number of carbonyl (C=O) groups excluding carboxylic acids is 1. The molecule has 5 nitrogen and oxygen atoms in total. The molecule has 0 amide bonds. The number of para-hydroxylation sites is 1. The second-order valence-electron chi connectivity index (χ2n) is 4.72. The summed E-state index contributed by atoms with van der Waals surface area (Å²) in [6.45, 7) is 5.30. The van der Waals surface area contributed by atoms with Gasteiger partial charge in [0.2, 0.25) is 0 Å². The third-order valence-corrected chi connectivity index (χ3v) is 2.81. The largest absolute Gasteiger partial charge is 0.511 e. The van der Waals surface area contributed by atoms with Crippen LogP contribution in [0.4, 0.5) is 5.69 Å². The number of aliphatic hydroxyl groups excluding tert-OH is 2. The molecule has 0 aliphatic heterocycles. The molecule has 0 atom stereocenters. The molecule has 0 fully saturated rings. The van der Waals surface area contributed by atoms with Gasteiger partial charge in [-0.05, 0) is 13.0 Å². The maximum Gasteiger partial charge on any atom is 0.343 e. The van der Waals surface area contributed by atoms with Crippen LogP contribution in [-0.4, -0.2) is 29.0 Å². The molecule has 21 heavy (non-hydrogen) atoms. The molecule has 1 aromatic carbocycles. The lowest BCUT2D eigenvalue weighted by molar-refractivity contribution is -0.138. The van der Waals surface area contributed by atoms with Crippen molar-refractivity contribution in [3.8, 4) is 0 Å². The first-order valence-corrected chi connectivity index (χ1v) is 6.84. The van der Waals surface area contributed by atoms with Crippen LogP contribution >= 0.6 is 0 Å². The normalized spacial score (nSPS) is 12.6. The summed E-state index contributed by atoms with van der Waals surface area (Å²) in [5, 5.41) is 19.3. The molecule has 114 valence electrons. The Bertz CT molecular complexity index is 547. The van der Waals surface area contributed by atoms with Gasteiger partial charge in [-0.1, -0.05) is 32.0 Å². The van der Waals surface area contributed by atoms with Crippen molar-refractivity contribution in [3.63, 3.8) is 0 Å². The van der Waals surface area contributed by atoms with Crippen molar-refractivity contribution in [1.82, 2.24) is 0 Å². The van der Waals surface area contributed by atoms with Crippen LogP contribution in [0.5, 0.6) is 0 Å². The molecule has 2 N–H and O–H groups in total. The number of nitrogens with zero attached hydrogens (tertiary/aromatic N) is 1. The Morgan fingerprint density at radius 1 is 1.38 bits per heavy atom. The molecule has 0 bridgehead atoms. The fourth-order valence-corrected chi connectivity index (χ4v) is 1.65. The van der Waals surface area contributed by atoms with E-state index < -0.39 is 5.97 Å². The lowest BCUT2D eigenvalue weighted by atomic mass is 10.1. The van der Waals surface area contributed by atoms with Crippen molar-refractivity contribution in [3.05, 3.63) is 41.2 Å². The zero-order chi connectivity index (χ0) is 15.8. The minimum Gasteiger partial charge on any atom is -0.511 e. The van der Waals surface area contributed by atoms with E-state index in [9.17, 15) is 15.0 Å². The number of allylic oxidation sites excluding steroid dienone is 1. The van der Waals surface area contributed by atoms with Crippen molar-refractivity contribution in [2.75, 3.05) is 6.61 Å². The van der Waals surface area contributed by atoms with Crippen LogP contribution in [0.1, 0.15) is 26.3 Å². The molecular formula is C16H21NO4. The summed E-state index contributed by atoms with van der Waals surface area (Å²) >= 11 is 0. The van der Waals surface area contributed by atoms with Crippen LogP contribution in [0.15, 0.2) is 40.6 Å². The van der Waals surface area contributed by atoms with E-state index in [-0.39, 0.29) is 30.5 Å². The van der Waals surface area contributed by atoms with Crippen LogP contribution < -0.4 is 0 Å². The van der Waals surface area contributed by atoms with Crippen molar-refractivity contribution < 1.29 is 19.7 Å². The Morgan fingerprint density at radius 3 is 2.62 bits per heavy atom. The first-order chi connectivity index (χ1) is 10.0. The number of benzene rings is 1. The number of carbonyl (C=O) groups is 1. The highest BCUT2D eigenvalue weighted by molar-refractivity contribution is 6.10. The number of aliphatic hydroxyl groups is 2. The molecular weight excluding hydrogens is 270 g/mol. The molecule has 0 spiro atoms. The molecule has 0 saturated carbocycles. The second kappa shape index (κ2) is 8.21. The topological polar surface area (TPSA) is 79.1 Å². The summed E-state index contributed by atoms with van der Waals surface area (Å²) in [5.74, 6) is -0.906. The summed E-state index contributed by atoms with van der Waals surface area (Å²) in [5.41, 5.74) is 1.21. The highest BCUT2D eigenvalue weighted by atomic mass is 16.5. The quantitative estimate of drug-likeness (QED) is 0.365. The Morgan fingerprint density at radius 2 is 2.05 bits per heavy atom. The van der Waals surface area contributed by atoms with E-state index in [1.54, 1.807) is 45.0 Å². The maximum absolute atomic E-state index is 11.9. The Kier molecular flexibility index (Phi) is 6.62. The molecule has 0 aliphatic carbocycles. The van der Waals surface area contributed by atoms with E-state index in [0.29, 0.717) is 11.3 Å². The number of rotatable bonds is 6. The van der Waals surface area contributed by atoms with E-state index in [0.717, 1.165) is 0 Å². The number of aliphatic imine (C=N–C) groups is 1. The Labute approximate surface area is 124 Å². The fourth-order valence-electron chi connectivity index (χ4n) is 1.65. The summed E-state index contributed by atoms with van der Waals surface area (Å²) in [4.78, 5) is 16.1. The molecule has 5 heteroatoms. The lowest BCUT2D eigenvalue weighted by Gasteiger charge is -2.09.